The van der Waals surface area contributed by atoms with Crippen LogP contribution < -0.4 is 10.4 Å². The van der Waals surface area contributed by atoms with Crippen molar-refractivity contribution in [2.24, 2.45) is 0 Å². The summed E-state index contributed by atoms with van der Waals surface area (Å²) in [5, 5.41) is 1.19. The van der Waals surface area contributed by atoms with Crippen molar-refractivity contribution in [3.63, 3.8) is 0 Å². The second-order valence-corrected chi connectivity index (χ2v) is 7.12. The maximum Gasteiger partial charge on any atom is 0.344 e. The number of fused-ring (bicyclic) bond motifs is 3. The van der Waals surface area contributed by atoms with Crippen molar-refractivity contribution in [2.75, 3.05) is 13.2 Å². The lowest BCUT2D eigenvalue weighted by atomic mass is 10.1. The Balaban J connectivity index is 1.37. The number of benzene rings is 2. The minimum atomic E-state index is -0.694. The molecule has 0 N–H and O–H groups in total. The average molecular weight is 413 g/mol. The summed E-state index contributed by atoms with van der Waals surface area (Å²) in [7, 11) is 0. The third-order valence-electron chi connectivity index (χ3n) is 4.84. The maximum absolute atomic E-state index is 12.1. The Morgan fingerprint density at radius 1 is 1.03 bits per heavy atom. The van der Waals surface area contributed by atoms with E-state index < -0.39 is 18.4 Å². The van der Waals surface area contributed by atoms with Crippen LogP contribution in [0.2, 0.25) is 5.02 Å². The summed E-state index contributed by atoms with van der Waals surface area (Å²) < 4.78 is 15.8. The largest absolute Gasteiger partial charge is 0.482 e. The Morgan fingerprint density at radius 3 is 2.66 bits per heavy atom. The molecular formula is C22H17ClO6. The molecule has 0 saturated heterocycles. The number of ketones is 1. The SMILES string of the molecule is O=C(COc1ccc2c3c(c(=O)oc2c1)CCC3)OCC(=O)c1ccccc1Cl. The second-order valence-electron chi connectivity index (χ2n) is 6.71. The lowest BCUT2D eigenvalue weighted by Crippen LogP contribution is -2.19. The van der Waals surface area contributed by atoms with Gasteiger partial charge in [0.05, 0.1) is 5.02 Å². The van der Waals surface area contributed by atoms with Crippen LogP contribution in [0.1, 0.15) is 27.9 Å². The van der Waals surface area contributed by atoms with Gasteiger partial charge in [-0.1, -0.05) is 23.7 Å². The average Bonchev–Trinajstić information content (AvgIpc) is 3.21. The van der Waals surface area contributed by atoms with Crippen LogP contribution in [0.25, 0.3) is 11.0 Å². The summed E-state index contributed by atoms with van der Waals surface area (Å²) in [4.78, 5) is 36.0. The molecule has 0 spiro atoms. The molecule has 1 aliphatic rings. The number of halogens is 1. The van der Waals surface area contributed by atoms with E-state index in [1.807, 2.05) is 6.07 Å². The molecule has 6 nitrogen and oxygen atoms in total. The van der Waals surface area contributed by atoms with Gasteiger partial charge in [-0.05, 0) is 49.1 Å². The maximum atomic E-state index is 12.1. The molecular weight excluding hydrogens is 396 g/mol. The monoisotopic (exact) mass is 412 g/mol. The lowest BCUT2D eigenvalue weighted by molar-refractivity contribution is -0.144. The van der Waals surface area contributed by atoms with Crippen molar-refractivity contribution in [1.29, 1.82) is 0 Å². The second kappa shape index (κ2) is 8.09. The number of hydrogen-bond acceptors (Lipinski definition) is 6. The summed E-state index contributed by atoms with van der Waals surface area (Å²) in [6, 6.07) is 11.7. The number of carbonyl (C=O) groups is 2. The molecule has 29 heavy (non-hydrogen) atoms. The van der Waals surface area contributed by atoms with Crippen LogP contribution in [-0.2, 0) is 22.4 Å². The van der Waals surface area contributed by atoms with E-state index in [4.69, 9.17) is 25.5 Å². The molecule has 0 saturated carbocycles. The van der Waals surface area contributed by atoms with Gasteiger partial charge in [-0.25, -0.2) is 9.59 Å². The van der Waals surface area contributed by atoms with Gasteiger partial charge in [0.1, 0.15) is 11.3 Å². The molecule has 0 bridgehead atoms. The van der Waals surface area contributed by atoms with Crippen molar-refractivity contribution in [3.8, 4) is 5.75 Å². The number of carbonyl (C=O) groups excluding carboxylic acids is 2. The molecule has 0 radical (unpaired) electrons. The Morgan fingerprint density at radius 2 is 1.83 bits per heavy atom. The van der Waals surface area contributed by atoms with E-state index >= 15 is 0 Å². The first-order chi connectivity index (χ1) is 14.0. The van der Waals surface area contributed by atoms with Crippen LogP contribution in [0.3, 0.4) is 0 Å². The third-order valence-corrected chi connectivity index (χ3v) is 5.17. The minimum Gasteiger partial charge on any atom is -0.482 e. The van der Waals surface area contributed by atoms with Crippen LogP contribution in [0.5, 0.6) is 5.75 Å². The van der Waals surface area contributed by atoms with Gasteiger partial charge in [-0.2, -0.15) is 0 Å². The fourth-order valence-electron chi connectivity index (χ4n) is 3.45. The zero-order valence-electron chi connectivity index (χ0n) is 15.4. The van der Waals surface area contributed by atoms with Crippen LogP contribution >= 0.6 is 11.6 Å². The standard InChI is InChI=1S/C22H17ClO6/c23-18-7-2-1-4-17(18)19(24)11-28-21(25)12-27-13-8-9-15-14-5-3-6-16(14)22(26)29-20(15)10-13/h1-2,4,7-10H,3,5-6,11-12H2. The van der Waals surface area contributed by atoms with Gasteiger partial charge in [0, 0.05) is 22.6 Å². The number of rotatable bonds is 6. The van der Waals surface area contributed by atoms with E-state index in [9.17, 15) is 14.4 Å². The van der Waals surface area contributed by atoms with Gasteiger partial charge in [0.2, 0.25) is 5.78 Å². The molecule has 0 fully saturated rings. The van der Waals surface area contributed by atoms with Crippen molar-refractivity contribution in [1.82, 2.24) is 0 Å². The van der Waals surface area contributed by atoms with E-state index in [-0.39, 0.29) is 12.2 Å². The Bertz CT molecular complexity index is 1160. The van der Waals surface area contributed by atoms with Gasteiger partial charge < -0.3 is 13.9 Å². The molecule has 1 heterocycles. The highest BCUT2D eigenvalue weighted by molar-refractivity contribution is 6.34. The van der Waals surface area contributed by atoms with E-state index in [1.54, 1.807) is 36.4 Å². The molecule has 4 rings (SSSR count). The normalized spacial score (nSPS) is 12.6. The number of hydrogen-bond donors (Lipinski definition) is 0. The van der Waals surface area contributed by atoms with Crippen molar-refractivity contribution < 1.29 is 23.5 Å². The number of Topliss-reactive ketones (excluding diaryl/α,β-unsaturated/α-hetero) is 1. The molecule has 0 atom stereocenters. The summed E-state index contributed by atoms with van der Waals surface area (Å²) in [5.74, 6) is -0.723. The minimum absolute atomic E-state index is 0.292. The molecule has 1 aromatic heterocycles. The topological polar surface area (TPSA) is 82.8 Å². The quantitative estimate of drug-likeness (QED) is 0.348. The van der Waals surface area contributed by atoms with Crippen LogP contribution in [0.4, 0.5) is 0 Å². The molecule has 0 aliphatic heterocycles. The van der Waals surface area contributed by atoms with E-state index in [0.717, 1.165) is 35.8 Å². The van der Waals surface area contributed by atoms with Gasteiger partial charge in [-0.15, -0.1) is 0 Å². The van der Waals surface area contributed by atoms with Gasteiger partial charge in [0.25, 0.3) is 0 Å². The third kappa shape index (κ3) is 4.03. The van der Waals surface area contributed by atoms with Crippen LogP contribution in [0.15, 0.2) is 51.7 Å². The zero-order valence-corrected chi connectivity index (χ0v) is 16.2. The molecule has 0 amide bonds. The Kier molecular flexibility index (Phi) is 5.36. The first kappa shape index (κ1) is 19.2. The highest BCUT2D eigenvalue weighted by Crippen LogP contribution is 2.29. The highest BCUT2D eigenvalue weighted by Gasteiger charge is 2.20. The molecule has 1 aliphatic carbocycles. The first-order valence-corrected chi connectivity index (χ1v) is 9.55. The summed E-state index contributed by atoms with van der Waals surface area (Å²) in [6.07, 6.45) is 2.53. The van der Waals surface area contributed by atoms with Crippen molar-refractivity contribution in [2.45, 2.75) is 19.3 Å². The number of ether oxygens (including phenoxy) is 2. The van der Waals surface area contributed by atoms with E-state index in [2.05, 4.69) is 0 Å². The molecule has 148 valence electrons. The smallest absolute Gasteiger partial charge is 0.344 e. The summed E-state index contributed by atoms with van der Waals surface area (Å²) in [5.41, 5.74) is 2.17. The van der Waals surface area contributed by atoms with Crippen LogP contribution in [-0.4, -0.2) is 25.0 Å². The Labute approximate surface area is 171 Å². The van der Waals surface area contributed by atoms with Crippen LogP contribution in [0, 0.1) is 0 Å². The summed E-state index contributed by atoms with van der Waals surface area (Å²) >= 11 is 5.95. The Hall–Kier alpha value is -3.12. The van der Waals surface area contributed by atoms with Crippen molar-refractivity contribution in [3.05, 3.63) is 74.6 Å². The first-order valence-electron chi connectivity index (χ1n) is 9.17. The van der Waals surface area contributed by atoms with E-state index in [0.29, 0.717) is 21.9 Å². The zero-order chi connectivity index (χ0) is 20.4. The fourth-order valence-corrected chi connectivity index (χ4v) is 3.69. The molecule has 7 heteroatoms. The molecule has 2 aromatic carbocycles. The predicted octanol–water partition coefficient (Wildman–Crippen LogP) is 3.74. The fraction of sp³-hybridized carbons (Fsp3) is 0.227. The molecule has 0 unspecified atom stereocenters. The lowest BCUT2D eigenvalue weighted by Gasteiger charge is -2.09. The predicted molar refractivity (Wildman–Crippen MR) is 107 cm³/mol. The van der Waals surface area contributed by atoms with Crippen molar-refractivity contribution >= 4 is 34.3 Å². The number of esters is 1. The van der Waals surface area contributed by atoms with E-state index in [1.165, 1.54) is 0 Å². The summed E-state index contributed by atoms with van der Waals surface area (Å²) in [6.45, 7) is -0.804. The highest BCUT2D eigenvalue weighted by atomic mass is 35.5. The molecule has 3 aromatic rings. The van der Waals surface area contributed by atoms with Gasteiger partial charge in [-0.3, -0.25) is 4.79 Å². The number of aryl methyl sites for hydroxylation is 1. The van der Waals surface area contributed by atoms with Gasteiger partial charge in [0.15, 0.2) is 13.2 Å². The van der Waals surface area contributed by atoms with Gasteiger partial charge >= 0.3 is 11.6 Å².